The Morgan fingerprint density at radius 2 is 2.00 bits per heavy atom. The summed E-state index contributed by atoms with van der Waals surface area (Å²) in [4.78, 5) is 33.7. The molecule has 6 nitrogen and oxygen atoms in total. The number of rotatable bonds is 5. The summed E-state index contributed by atoms with van der Waals surface area (Å²) in [7, 11) is 0. The van der Waals surface area contributed by atoms with E-state index in [1.807, 2.05) is 0 Å². The van der Waals surface area contributed by atoms with Crippen LogP contribution in [0.3, 0.4) is 0 Å². The number of carboxylic acids is 1. The van der Waals surface area contributed by atoms with Crippen molar-refractivity contribution in [1.82, 2.24) is 5.32 Å². The van der Waals surface area contributed by atoms with Crippen molar-refractivity contribution in [2.75, 3.05) is 5.32 Å². The first-order chi connectivity index (χ1) is 9.77. The van der Waals surface area contributed by atoms with Crippen molar-refractivity contribution >= 4 is 51.1 Å². The summed E-state index contributed by atoms with van der Waals surface area (Å²) in [6.45, 7) is 1.62. The highest BCUT2D eigenvalue weighted by Gasteiger charge is 2.15. The van der Waals surface area contributed by atoms with Crippen molar-refractivity contribution in [3.05, 3.63) is 27.7 Å². The number of anilines is 1. The van der Waals surface area contributed by atoms with E-state index in [0.717, 1.165) is 4.47 Å². The number of carbonyl (C=O) groups excluding carboxylic acids is 2. The van der Waals surface area contributed by atoms with Gasteiger partial charge in [0.25, 0.3) is 0 Å². The van der Waals surface area contributed by atoms with Gasteiger partial charge in [0.05, 0.1) is 10.7 Å². The van der Waals surface area contributed by atoms with Crippen LogP contribution in [-0.2, 0) is 9.59 Å². The Kier molecular flexibility index (Phi) is 6.64. The van der Waals surface area contributed by atoms with Gasteiger partial charge in [-0.2, -0.15) is 0 Å². The van der Waals surface area contributed by atoms with E-state index in [4.69, 9.17) is 16.7 Å². The normalized spacial score (nSPS) is 11.6. The Morgan fingerprint density at radius 1 is 1.33 bits per heavy atom. The molecule has 1 rings (SSSR count). The average Bonchev–Trinajstić information content (AvgIpc) is 2.32. The lowest BCUT2D eigenvalue weighted by molar-refractivity contribution is -0.138. The number of hydrogen-bond acceptors (Lipinski definition) is 3. The fourth-order valence-corrected chi connectivity index (χ4v) is 2.14. The first-order valence-electron chi connectivity index (χ1n) is 6.05. The van der Waals surface area contributed by atoms with E-state index in [0.29, 0.717) is 10.7 Å². The Hall–Kier alpha value is -1.60. The molecule has 0 aliphatic carbocycles. The molecule has 0 aliphatic heterocycles. The van der Waals surface area contributed by atoms with Crippen molar-refractivity contribution in [2.45, 2.75) is 19.8 Å². The second kappa shape index (κ2) is 7.99. The van der Waals surface area contributed by atoms with Gasteiger partial charge in [0.1, 0.15) is 0 Å². The van der Waals surface area contributed by atoms with Crippen LogP contribution in [0.15, 0.2) is 22.7 Å². The Bertz CT molecular complexity index is 565. The molecule has 1 unspecified atom stereocenters. The lowest BCUT2D eigenvalue weighted by Crippen LogP contribution is -2.35. The van der Waals surface area contributed by atoms with Crippen LogP contribution in [0.4, 0.5) is 10.5 Å². The van der Waals surface area contributed by atoms with E-state index >= 15 is 0 Å². The van der Waals surface area contributed by atoms with Gasteiger partial charge < -0.3 is 10.4 Å². The molecule has 0 spiro atoms. The fraction of sp³-hybridized carbons (Fsp3) is 0.308. The predicted molar refractivity (Wildman–Crippen MR) is 82.3 cm³/mol. The zero-order valence-corrected chi connectivity index (χ0v) is 13.5. The van der Waals surface area contributed by atoms with E-state index in [-0.39, 0.29) is 18.8 Å². The lowest BCUT2D eigenvalue weighted by Gasteiger charge is -2.10. The van der Waals surface area contributed by atoms with Crippen LogP contribution >= 0.6 is 27.5 Å². The summed E-state index contributed by atoms with van der Waals surface area (Å²) in [5.74, 6) is -1.89. The highest BCUT2D eigenvalue weighted by molar-refractivity contribution is 9.10. The molecule has 8 heteroatoms. The molecule has 114 valence electrons. The van der Waals surface area contributed by atoms with Crippen molar-refractivity contribution < 1.29 is 19.5 Å². The monoisotopic (exact) mass is 376 g/mol. The Balaban J connectivity index is 2.51. The third-order valence-corrected chi connectivity index (χ3v) is 3.31. The van der Waals surface area contributed by atoms with Crippen LogP contribution in [-0.4, -0.2) is 23.0 Å². The SMILES string of the molecule is CC(CC(=O)O)CC(=O)NC(=O)Nc1cc(Br)ccc1Cl. The number of nitrogens with one attached hydrogen (secondary N) is 2. The van der Waals surface area contributed by atoms with Crippen molar-refractivity contribution in [3.63, 3.8) is 0 Å². The van der Waals surface area contributed by atoms with Crippen molar-refractivity contribution in [3.8, 4) is 0 Å². The molecule has 0 bridgehead atoms. The molecular weight excluding hydrogens is 364 g/mol. The Morgan fingerprint density at radius 3 is 2.62 bits per heavy atom. The first kappa shape index (κ1) is 17.5. The molecule has 0 heterocycles. The van der Waals surface area contributed by atoms with E-state index in [9.17, 15) is 14.4 Å². The summed E-state index contributed by atoms with van der Waals surface area (Å²) in [5, 5.41) is 13.5. The molecular formula is C13H14BrClN2O4. The summed E-state index contributed by atoms with van der Waals surface area (Å²) in [6.07, 6.45) is -0.182. The van der Waals surface area contributed by atoms with Crippen molar-refractivity contribution in [2.24, 2.45) is 5.92 Å². The minimum Gasteiger partial charge on any atom is -0.481 e. The number of carbonyl (C=O) groups is 3. The van der Waals surface area contributed by atoms with Gasteiger partial charge in [0.2, 0.25) is 5.91 Å². The minimum absolute atomic E-state index is 0.0497. The standard InChI is InChI=1S/C13H14BrClN2O4/c1-7(5-12(19)20)4-11(18)17-13(21)16-10-6-8(14)2-3-9(10)15/h2-3,6-7H,4-5H2,1H3,(H,19,20)(H2,16,17,18,21). The van der Waals surface area contributed by atoms with E-state index in [1.54, 1.807) is 25.1 Å². The number of amides is 3. The van der Waals surface area contributed by atoms with Crippen LogP contribution < -0.4 is 10.6 Å². The average molecular weight is 378 g/mol. The number of carboxylic acid groups (broad SMARTS) is 1. The molecule has 3 amide bonds. The number of hydrogen-bond donors (Lipinski definition) is 3. The molecule has 0 saturated heterocycles. The van der Waals surface area contributed by atoms with E-state index < -0.39 is 17.9 Å². The second-order valence-corrected chi connectivity index (χ2v) is 5.86. The predicted octanol–water partition coefficient (Wildman–Crippen LogP) is 3.25. The van der Waals surface area contributed by atoms with Crippen LogP contribution in [0.1, 0.15) is 19.8 Å². The molecule has 1 aromatic rings. The molecule has 21 heavy (non-hydrogen) atoms. The van der Waals surface area contributed by atoms with E-state index in [2.05, 4.69) is 26.6 Å². The van der Waals surface area contributed by atoms with Crippen LogP contribution in [0, 0.1) is 5.92 Å². The summed E-state index contributed by atoms with van der Waals surface area (Å²) < 4.78 is 0.726. The highest BCUT2D eigenvalue weighted by atomic mass is 79.9. The number of benzene rings is 1. The minimum atomic E-state index is -0.985. The van der Waals surface area contributed by atoms with Gasteiger partial charge in [-0.15, -0.1) is 0 Å². The van der Waals surface area contributed by atoms with Gasteiger partial charge in [-0.3, -0.25) is 14.9 Å². The van der Waals surface area contributed by atoms with Gasteiger partial charge >= 0.3 is 12.0 Å². The fourth-order valence-electron chi connectivity index (χ4n) is 1.61. The van der Waals surface area contributed by atoms with Gasteiger partial charge in [-0.1, -0.05) is 34.5 Å². The van der Waals surface area contributed by atoms with Gasteiger partial charge in [0.15, 0.2) is 0 Å². The number of imide groups is 1. The molecule has 0 saturated carbocycles. The number of urea groups is 1. The second-order valence-electron chi connectivity index (χ2n) is 4.53. The molecule has 0 radical (unpaired) electrons. The maximum Gasteiger partial charge on any atom is 0.325 e. The highest BCUT2D eigenvalue weighted by Crippen LogP contribution is 2.25. The zero-order chi connectivity index (χ0) is 16.0. The maximum absolute atomic E-state index is 11.7. The molecule has 0 fully saturated rings. The molecule has 1 aromatic carbocycles. The van der Waals surface area contributed by atoms with Crippen LogP contribution in [0.25, 0.3) is 0 Å². The topological polar surface area (TPSA) is 95.5 Å². The van der Waals surface area contributed by atoms with Crippen molar-refractivity contribution in [1.29, 1.82) is 0 Å². The third kappa shape index (κ3) is 6.59. The largest absolute Gasteiger partial charge is 0.481 e. The maximum atomic E-state index is 11.7. The Labute approximate surface area is 135 Å². The zero-order valence-electron chi connectivity index (χ0n) is 11.2. The van der Waals surface area contributed by atoms with E-state index in [1.165, 1.54) is 0 Å². The number of halogens is 2. The summed E-state index contributed by atoms with van der Waals surface area (Å²) in [5.41, 5.74) is 0.356. The molecule has 1 atom stereocenters. The quantitative estimate of drug-likeness (QED) is 0.734. The van der Waals surface area contributed by atoms with Gasteiger partial charge in [-0.25, -0.2) is 4.79 Å². The summed E-state index contributed by atoms with van der Waals surface area (Å²) >= 11 is 9.14. The van der Waals surface area contributed by atoms with Gasteiger partial charge in [-0.05, 0) is 24.1 Å². The first-order valence-corrected chi connectivity index (χ1v) is 7.22. The molecule has 0 aromatic heterocycles. The molecule has 0 aliphatic rings. The lowest BCUT2D eigenvalue weighted by atomic mass is 10.0. The molecule has 3 N–H and O–H groups in total. The smallest absolute Gasteiger partial charge is 0.325 e. The van der Waals surface area contributed by atoms with Gasteiger partial charge in [0, 0.05) is 17.3 Å². The summed E-state index contributed by atoms with van der Waals surface area (Å²) in [6, 6.07) is 4.18. The van der Waals surface area contributed by atoms with Crippen LogP contribution in [0.5, 0.6) is 0 Å². The third-order valence-electron chi connectivity index (χ3n) is 2.49. The van der Waals surface area contributed by atoms with Crippen LogP contribution in [0.2, 0.25) is 5.02 Å². The number of aliphatic carboxylic acids is 1.